The fourth-order valence-electron chi connectivity index (χ4n) is 1.08. The first-order valence-electron chi connectivity index (χ1n) is 4.19. The van der Waals surface area contributed by atoms with Gasteiger partial charge in [0.1, 0.15) is 10.0 Å². The Kier molecular flexibility index (Phi) is 2.84. The van der Waals surface area contributed by atoms with Crippen LogP contribution in [0.25, 0.3) is 5.82 Å². The minimum Gasteiger partial charge on any atom is -0.467 e. The Balaban J connectivity index is 2.54. The van der Waals surface area contributed by atoms with Crippen molar-refractivity contribution in [1.82, 2.24) is 19.7 Å². The molecule has 6 nitrogen and oxygen atoms in total. The van der Waals surface area contributed by atoms with Crippen LogP contribution in [0, 0.1) is 0 Å². The van der Waals surface area contributed by atoms with Crippen LogP contribution in [-0.2, 0) is 0 Å². The van der Waals surface area contributed by atoms with Crippen LogP contribution in [0.5, 0.6) is 6.01 Å². The molecule has 0 aromatic carbocycles. The van der Waals surface area contributed by atoms with Gasteiger partial charge in [0.2, 0.25) is 0 Å². The number of nitrogens with zero attached hydrogens (tertiary/aromatic N) is 4. The van der Waals surface area contributed by atoms with Crippen molar-refractivity contribution in [2.24, 2.45) is 0 Å². The highest BCUT2D eigenvalue weighted by Gasteiger charge is 2.11. The van der Waals surface area contributed by atoms with Gasteiger partial charge in [-0.1, -0.05) is 23.2 Å². The average molecular weight is 260 g/mol. The molecule has 2 N–H and O–H groups in total. The smallest absolute Gasteiger partial charge is 0.318 e. The molecule has 2 aromatic heterocycles. The first kappa shape index (κ1) is 11.0. The Morgan fingerprint density at radius 3 is 2.69 bits per heavy atom. The fraction of sp³-hybridized carbons (Fsp3) is 0.125. The predicted octanol–water partition coefficient (Wildman–Crippen LogP) is 1.56. The molecule has 84 valence electrons. The van der Waals surface area contributed by atoms with Gasteiger partial charge in [0.25, 0.3) is 0 Å². The Morgan fingerprint density at radius 2 is 2.12 bits per heavy atom. The zero-order valence-corrected chi connectivity index (χ0v) is 9.70. The summed E-state index contributed by atoms with van der Waals surface area (Å²) in [5.74, 6) is 0.558. The number of aromatic nitrogens is 4. The highest BCUT2D eigenvalue weighted by molar-refractivity contribution is 6.33. The van der Waals surface area contributed by atoms with Crippen LogP contribution in [0.4, 0.5) is 5.82 Å². The number of ether oxygens (including phenoxy) is 1. The molecule has 0 amide bonds. The van der Waals surface area contributed by atoms with Crippen molar-refractivity contribution in [1.29, 1.82) is 0 Å². The monoisotopic (exact) mass is 259 g/mol. The number of nitrogen functional groups attached to an aromatic ring is 1. The molecule has 2 heterocycles. The number of rotatable bonds is 2. The van der Waals surface area contributed by atoms with Crippen LogP contribution in [0.3, 0.4) is 0 Å². The first-order valence-corrected chi connectivity index (χ1v) is 4.95. The molecular weight excluding hydrogens is 253 g/mol. The summed E-state index contributed by atoms with van der Waals surface area (Å²) in [6, 6.07) is 0.185. The van der Waals surface area contributed by atoms with Crippen molar-refractivity contribution in [3.8, 4) is 11.8 Å². The van der Waals surface area contributed by atoms with Crippen LogP contribution in [0.1, 0.15) is 0 Å². The Morgan fingerprint density at radius 1 is 1.38 bits per heavy atom. The third-order valence-electron chi connectivity index (χ3n) is 1.80. The van der Waals surface area contributed by atoms with Crippen LogP contribution in [0.2, 0.25) is 10.0 Å². The van der Waals surface area contributed by atoms with E-state index >= 15 is 0 Å². The summed E-state index contributed by atoms with van der Waals surface area (Å²) >= 11 is 11.7. The summed E-state index contributed by atoms with van der Waals surface area (Å²) in [5.41, 5.74) is 5.52. The van der Waals surface area contributed by atoms with Crippen molar-refractivity contribution in [2.75, 3.05) is 12.8 Å². The molecule has 2 rings (SSSR count). The maximum atomic E-state index is 5.92. The lowest BCUT2D eigenvalue weighted by molar-refractivity contribution is 0.379. The summed E-state index contributed by atoms with van der Waals surface area (Å²) in [5, 5.41) is 4.60. The standard InChI is InChI=1S/C8H7Cl2N5O/c1-16-8-12-2-4(9)7(13-8)15-3-5(10)6(11)14-15/h2-3H,1H3,(H2,11,14). The maximum absolute atomic E-state index is 5.92. The third kappa shape index (κ3) is 1.89. The molecule has 0 spiro atoms. The molecule has 0 atom stereocenters. The number of methoxy groups -OCH3 is 1. The largest absolute Gasteiger partial charge is 0.467 e. The quantitative estimate of drug-likeness (QED) is 0.886. The van der Waals surface area contributed by atoms with Gasteiger partial charge in [-0.25, -0.2) is 9.67 Å². The number of nitrogens with two attached hydrogens (primary N) is 1. The van der Waals surface area contributed by atoms with Crippen molar-refractivity contribution in [3.63, 3.8) is 0 Å². The molecule has 0 radical (unpaired) electrons. The van der Waals surface area contributed by atoms with E-state index in [0.29, 0.717) is 15.9 Å². The SMILES string of the molecule is COc1ncc(Cl)c(-n2cc(Cl)c(N)n2)n1. The molecule has 0 fully saturated rings. The first-order chi connectivity index (χ1) is 7.61. The number of hydrogen-bond donors (Lipinski definition) is 1. The van der Waals surface area contributed by atoms with E-state index in [9.17, 15) is 0 Å². The zero-order chi connectivity index (χ0) is 11.7. The second kappa shape index (κ2) is 4.15. The van der Waals surface area contributed by atoms with Gasteiger partial charge >= 0.3 is 6.01 Å². The second-order valence-corrected chi connectivity index (χ2v) is 3.65. The molecule has 0 saturated heterocycles. The lowest BCUT2D eigenvalue weighted by Gasteiger charge is -2.04. The van der Waals surface area contributed by atoms with Crippen LogP contribution >= 0.6 is 23.2 Å². The van der Waals surface area contributed by atoms with Gasteiger partial charge in [-0.3, -0.25) is 0 Å². The molecule has 0 unspecified atom stereocenters. The molecule has 0 aliphatic rings. The second-order valence-electron chi connectivity index (χ2n) is 2.84. The summed E-state index contributed by atoms with van der Waals surface area (Å²) < 4.78 is 6.25. The highest BCUT2D eigenvalue weighted by Crippen LogP contribution is 2.23. The molecule has 0 aliphatic heterocycles. The van der Waals surface area contributed by atoms with E-state index in [1.165, 1.54) is 24.2 Å². The summed E-state index contributed by atoms with van der Waals surface area (Å²) in [7, 11) is 1.46. The minimum atomic E-state index is 0.185. The number of anilines is 1. The maximum Gasteiger partial charge on any atom is 0.318 e. The van der Waals surface area contributed by atoms with Gasteiger partial charge in [-0.15, -0.1) is 5.10 Å². The predicted molar refractivity (Wildman–Crippen MR) is 60.1 cm³/mol. The average Bonchev–Trinajstić information content (AvgIpc) is 2.60. The van der Waals surface area contributed by atoms with E-state index < -0.39 is 0 Å². The van der Waals surface area contributed by atoms with Gasteiger partial charge in [0, 0.05) is 0 Å². The van der Waals surface area contributed by atoms with Crippen LogP contribution in [0.15, 0.2) is 12.4 Å². The highest BCUT2D eigenvalue weighted by atomic mass is 35.5. The Labute approximate surface area is 101 Å². The topological polar surface area (TPSA) is 78.9 Å². The van der Waals surface area contributed by atoms with E-state index in [2.05, 4.69) is 15.1 Å². The summed E-state index contributed by atoms with van der Waals surface area (Å²) in [6.45, 7) is 0. The lowest BCUT2D eigenvalue weighted by atomic mass is 10.6. The van der Waals surface area contributed by atoms with Gasteiger partial charge in [-0.05, 0) is 0 Å². The van der Waals surface area contributed by atoms with E-state index in [1.807, 2.05) is 0 Å². The van der Waals surface area contributed by atoms with Crippen LogP contribution < -0.4 is 10.5 Å². The summed E-state index contributed by atoms with van der Waals surface area (Å²) in [6.07, 6.45) is 2.92. The van der Waals surface area contributed by atoms with Gasteiger partial charge in [0.05, 0.1) is 19.5 Å². The molecule has 8 heteroatoms. The molecule has 0 aliphatic carbocycles. The zero-order valence-electron chi connectivity index (χ0n) is 8.19. The molecule has 0 saturated carbocycles. The van der Waals surface area contributed by atoms with Crippen molar-refractivity contribution >= 4 is 29.0 Å². The van der Waals surface area contributed by atoms with E-state index in [0.717, 1.165) is 0 Å². The van der Waals surface area contributed by atoms with Gasteiger partial charge in [0.15, 0.2) is 11.6 Å². The normalized spacial score (nSPS) is 10.4. The van der Waals surface area contributed by atoms with Crippen molar-refractivity contribution in [2.45, 2.75) is 0 Å². The summed E-state index contributed by atoms with van der Waals surface area (Å²) in [4.78, 5) is 7.88. The van der Waals surface area contributed by atoms with Gasteiger partial charge in [-0.2, -0.15) is 4.98 Å². The number of hydrogen-bond acceptors (Lipinski definition) is 5. The van der Waals surface area contributed by atoms with E-state index in [4.69, 9.17) is 33.7 Å². The Hall–Kier alpha value is -1.53. The molecule has 2 aromatic rings. The molecular formula is C8H7Cl2N5O. The van der Waals surface area contributed by atoms with Crippen molar-refractivity contribution in [3.05, 3.63) is 22.4 Å². The fourth-order valence-corrected chi connectivity index (χ4v) is 1.38. The molecule has 0 bridgehead atoms. The Bertz CT molecular complexity index is 508. The third-order valence-corrected chi connectivity index (χ3v) is 2.36. The van der Waals surface area contributed by atoms with E-state index in [1.54, 1.807) is 0 Å². The molecule has 16 heavy (non-hydrogen) atoms. The van der Waals surface area contributed by atoms with Gasteiger partial charge < -0.3 is 10.5 Å². The van der Waals surface area contributed by atoms with E-state index in [-0.39, 0.29) is 11.8 Å². The van der Waals surface area contributed by atoms with Crippen LogP contribution in [-0.4, -0.2) is 26.9 Å². The minimum absolute atomic E-state index is 0.185. The van der Waals surface area contributed by atoms with Crippen molar-refractivity contribution < 1.29 is 4.74 Å². The lowest BCUT2D eigenvalue weighted by Crippen LogP contribution is -2.03. The number of halogens is 2.